The second-order valence-corrected chi connectivity index (χ2v) is 5.80. The van der Waals surface area contributed by atoms with Crippen molar-refractivity contribution in [2.24, 2.45) is 11.3 Å². The van der Waals surface area contributed by atoms with Crippen LogP contribution >= 0.6 is 0 Å². The molecular formula is C15H29NO. The first-order valence-electron chi connectivity index (χ1n) is 7.38. The van der Waals surface area contributed by atoms with Crippen LogP contribution in [0.3, 0.4) is 0 Å². The highest BCUT2D eigenvalue weighted by molar-refractivity contribution is 5.85. The highest BCUT2D eigenvalue weighted by Gasteiger charge is 2.38. The molecule has 0 saturated carbocycles. The van der Waals surface area contributed by atoms with E-state index in [1.165, 1.54) is 12.8 Å². The largest absolute Gasteiger partial charge is 0.317 e. The Labute approximate surface area is 107 Å². The van der Waals surface area contributed by atoms with E-state index in [-0.39, 0.29) is 5.41 Å². The van der Waals surface area contributed by atoms with Crippen LogP contribution in [-0.2, 0) is 4.79 Å². The molecule has 0 amide bonds. The van der Waals surface area contributed by atoms with Gasteiger partial charge in [0, 0.05) is 11.8 Å². The Morgan fingerprint density at radius 1 is 1.24 bits per heavy atom. The predicted octanol–water partition coefficient (Wildman–Crippen LogP) is 3.55. The van der Waals surface area contributed by atoms with Crippen molar-refractivity contribution in [3.63, 3.8) is 0 Å². The molecule has 1 unspecified atom stereocenters. The van der Waals surface area contributed by atoms with Crippen molar-refractivity contribution in [1.29, 1.82) is 0 Å². The molecule has 1 aliphatic rings. The van der Waals surface area contributed by atoms with Gasteiger partial charge in [0.1, 0.15) is 5.78 Å². The molecule has 0 aliphatic carbocycles. The minimum Gasteiger partial charge on any atom is -0.317 e. The molecule has 0 radical (unpaired) electrons. The van der Waals surface area contributed by atoms with E-state index in [4.69, 9.17) is 0 Å². The summed E-state index contributed by atoms with van der Waals surface area (Å²) in [6, 6.07) is 0. The Balaban J connectivity index is 2.59. The molecule has 0 aromatic rings. The van der Waals surface area contributed by atoms with E-state index in [0.717, 1.165) is 45.2 Å². The normalized spacial score (nSPS) is 21.1. The summed E-state index contributed by atoms with van der Waals surface area (Å²) in [6.45, 7) is 8.67. The Bertz CT molecular complexity index is 226. The molecule has 0 aromatic heterocycles. The number of hydrogen-bond acceptors (Lipinski definition) is 2. The monoisotopic (exact) mass is 239 g/mol. The third-order valence-corrected chi connectivity index (χ3v) is 4.20. The molecule has 1 N–H and O–H groups in total. The van der Waals surface area contributed by atoms with Gasteiger partial charge < -0.3 is 5.32 Å². The van der Waals surface area contributed by atoms with Gasteiger partial charge >= 0.3 is 0 Å². The van der Waals surface area contributed by atoms with Crippen molar-refractivity contribution < 1.29 is 4.79 Å². The highest BCUT2D eigenvalue weighted by atomic mass is 16.1. The first kappa shape index (κ1) is 14.7. The van der Waals surface area contributed by atoms with Gasteiger partial charge in [-0.05, 0) is 38.3 Å². The maximum absolute atomic E-state index is 12.6. The van der Waals surface area contributed by atoms with Gasteiger partial charge in [0.05, 0.1) is 0 Å². The van der Waals surface area contributed by atoms with Crippen LogP contribution in [0.5, 0.6) is 0 Å². The summed E-state index contributed by atoms with van der Waals surface area (Å²) in [4.78, 5) is 12.6. The predicted molar refractivity (Wildman–Crippen MR) is 73.1 cm³/mol. The van der Waals surface area contributed by atoms with Crippen molar-refractivity contribution in [3.05, 3.63) is 0 Å². The van der Waals surface area contributed by atoms with E-state index in [2.05, 4.69) is 26.1 Å². The number of Topliss-reactive ketones (excluding diaryl/α,β-unsaturated/α-hetero) is 1. The Kier molecular flexibility index (Phi) is 6.18. The minimum atomic E-state index is 0.0159. The standard InChI is InChI=1S/C15H29NO/c1-4-6-13(3)12-14(17)15(7-5-2)8-10-16-11-9-15/h13,16H,4-12H2,1-3H3. The van der Waals surface area contributed by atoms with Crippen LogP contribution < -0.4 is 5.32 Å². The van der Waals surface area contributed by atoms with Gasteiger partial charge in [-0.1, -0.05) is 40.0 Å². The van der Waals surface area contributed by atoms with E-state index >= 15 is 0 Å². The van der Waals surface area contributed by atoms with Gasteiger partial charge in [-0.2, -0.15) is 0 Å². The van der Waals surface area contributed by atoms with Crippen LogP contribution in [0.4, 0.5) is 0 Å². The fourth-order valence-electron chi connectivity index (χ4n) is 3.18. The average Bonchev–Trinajstić information content (AvgIpc) is 2.30. The van der Waals surface area contributed by atoms with Crippen molar-refractivity contribution in [2.75, 3.05) is 13.1 Å². The quantitative estimate of drug-likeness (QED) is 0.736. The number of ketones is 1. The first-order valence-corrected chi connectivity index (χ1v) is 7.38. The molecule has 0 aromatic carbocycles. The minimum absolute atomic E-state index is 0.0159. The zero-order chi connectivity index (χ0) is 12.7. The molecular weight excluding hydrogens is 210 g/mol. The number of carbonyl (C=O) groups excluding carboxylic acids is 1. The molecule has 1 fully saturated rings. The summed E-state index contributed by atoms with van der Waals surface area (Å²) in [7, 11) is 0. The third kappa shape index (κ3) is 4.09. The molecule has 1 heterocycles. The van der Waals surface area contributed by atoms with Crippen LogP contribution in [0.1, 0.15) is 65.7 Å². The molecule has 2 nitrogen and oxygen atoms in total. The fraction of sp³-hybridized carbons (Fsp3) is 0.933. The third-order valence-electron chi connectivity index (χ3n) is 4.20. The maximum Gasteiger partial charge on any atom is 0.139 e. The second kappa shape index (κ2) is 7.15. The van der Waals surface area contributed by atoms with Gasteiger partial charge in [-0.15, -0.1) is 0 Å². The van der Waals surface area contributed by atoms with E-state index in [0.29, 0.717) is 11.7 Å². The lowest BCUT2D eigenvalue weighted by atomic mass is 9.70. The summed E-state index contributed by atoms with van der Waals surface area (Å²) in [5.74, 6) is 1.11. The van der Waals surface area contributed by atoms with Gasteiger partial charge in [-0.3, -0.25) is 4.79 Å². The summed E-state index contributed by atoms with van der Waals surface area (Å²) in [5.41, 5.74) is 0.0159. The van der Waals surface area contributed by atoms with E-state index in [9.17, 15) is 4.79 Å². The maximum atomic E-state index is 12.6. The highest BCUT2D eigenvalue weighted by Crippen LogP contribution is 2.37. The zero-order valence-electron chi connectivity index (χ0n) is 11.8. The van der Waals surface area contributed by atoms with E-state index in [1.807, 2.05) is 0 Å². The van der Waals surface area contributed by atoms with E-state index < -0.39 is 0 Å². The lowest BCUT2D eigenvalue weighted by molar-refractivity contribution is -0.131. The van der Waals surface area contributed by atoms with Crippen LogP contribution in [-0.4, -0.2) is 18.9 Å². The van der Waals surface area contributed by atoms with Gasteiger partial charge in [0.15, 0.2) is 0 Å². The van der Waals surface area contributed by atoms with Crippen LogP contribution in [0.25, 0.3) is 0 Å². The van der Waals surface area contributed by atoms with Gasteiger partial charge in [0.2, 0.25) is 0 Å². The summed E-state index contributed by atoms with van der Waals surface area (Å²) in [6.07, 6.45) is 7.51. The first-order chi connectivity index (χ1) is 8.14. The van der Waals surface area contributed by atoms with Crippen LogP contribution in [0.2, 0.25) is 0 Å². The van der Waals surface area contributed by atoms with Crippen molar-refractivity contribution in [1.82, 2.24) is 5.32 Å². The fourth-order valence-corrected chi connectivity index (χ4v) is 3.18. The van der Waals surface area contributed by atoms with Crippen molar-refractivity contribution in [3.8, 4) is 0 Å². The molecule has 1 atom stereocenters. The smallest absolute Gasteiger partial charge is 0.139 e. The topological polar surface area (TPSA) is 29.1 Å². The Morgan fingerprint density at radius 2 is 1.88 bits per heavy atom. The second-order valence-electron chi connectivity index (χ2n) is 5.80. The molecule has 1 aliphatic heterocycles. The summed E-state index contributed by atoms with van der Waals surface area (Å²) in [5, 5.41) is 3.38. The van der Waals surface area contributed by atoms with Crippen LogP contribution in [0.15, 0.2) is 0 Å². The number of rotatable bonds is 7. The Morgan fingerprint density at radius 3 is 2.41 bits per heavy atom. The van der Waals surface area contributed by atoms with Gasteiger partial charge in [-0.25, -0.2) is 0 Å². The van der Waals surface area contributed by atoms with Crippen LogP contribution in [0, 0.1) is 11.3 Å². The molecule has 0 spiro atoms. The number of carbonyl (C=O) groups is 1. The summed E-state index contributed by atoms with van der Waals surface area (Å²) >= 11 is 0. The number of nitrogens with one attached hydrogen (secondary N) is 1. The van der Waals surface area contributed by atoms with Gasteiger partial charge in [0.25, 0.3) is 0 Å². The number of piperidine rings is 1. The molecule has 1 rings (SSSR count). The van der Waals surface area contributed by atoms with Crippen molar-refractivity contribution >= 4 is 5.78 Å². The molecule has 2 heteroatoms. The summed E-state index contributed by atoms with van der Waals surface area (Å²) < 4.78 is 0. The SMILES string of the molecule is CCCC(C)CC(=O)C1(CCC)CCNCC1. The molecule has 1 saturated heterocycles. The Hall–Kier alpha value is -0.370. The molecule has 17 heavy (non-hydrogen) atoms. The molecule has 100 valence electrons. The number of hydrogen-bond donors (Lipinski definition) is 1. The average molecular weight is 239 g/mol. The van der Waals surface area contributed by atoms with Crippen molar-refractivity contribution in [2.45, 2.75) is 65.7 Å². The lowest BCUT2D eigenvalue weighted by Crippen LogP contribution is -2.42. The zero-order valence-corrected chi connectivity index (χ0v) is 11.8. The molecule has 0 bridgehead atoms. The lowest BCUT2D eigenvalue weighted by Gasteiger charge is -2.37. The van der Waals surface area contributed by atoms with E-state index in [1.54, 1.807) is 0 Å².